The number of halogens is 1. The summed E-state index contributed by atoms with van der Waals surface area (Å²) in [6.45, 7) is 6.44. The van der Waals surface area contributed by atoms with Crippen molar-refractivity contribution < 1.29 is 47.3 Å². The predicted octanol–water partition coefficient (Wildman–Crippen LogP) is 8.35. The van der Waals surface area contributed by atoms with Gasteiger partial charge in [0.1, 0.15) is 41.0 Å². The highest BCUT2D eigenvalue weighted by molar-refractivity contribution is 5.93. The molecule has 3 fully saturated rings. The molecule has 0 spiro atoms. The van der Waals surface area contributed by atoms with Gasteiger partial charge in [-0.25, -0.2) is 23.9 Å². The summed E-state index contributed by atoms with van der Waals surface area (Å²) in [7, 11) is 2.56. The van der Waals surface area contributed by atoms with Gasteiger partial charge in [-0.05, 0) is 105 Å². The van der Waals surface area contributed by atoms with Gasteiger partial charge in [-0.15, -0.1) is 0 Å². The molecule has 382 valence electrons. The van der Waals surface area contributed by atoms with Gasteiger partial charge in [-0.3, -0.25) is 9.59 Å². The molecular weight excluding hydrogens is 938 g/mol. The fraction of sp³-hybridized carbons (Fsp3) is 0.444. The van der Waals surface area contributed by atoms with Crippen LogP contribution in [0.1, 0.15) is 99.9 Å². The van der Waals surface area contributed by atoms with Crippen molar-refractivity contribution in [3.63, 3.8) is 0 Å². The molecule has 0 bridgehead atoms. The number of nitrogens with one attached hydrogen (secondary N) is 4. The number of aromatic amines is 2. The number of likely N-dealkylation sites (tertiary alicyclic amines) is 2. The zero-order chi connectivity index (χ0) is 50.5. The summed E-state index contributed by atoms with van der Waals surface area (Å²) < 4.78 is 47.4. The van der Waals surface area contributed by atoms with E-state index in [1.54, 1.807) is 17.3 Å². The van der Waals surface area contributed by atoms with Crippen molar-refractivity contribution in [2.24, 2.45) is 11.8 Å². The molecule has 3 unspecified atom stereocenters. The van der Waals surface area contributed by atoms with Crippen LogP contribution < -0.4 is 20.1 Å². The second kappa shape index (κ2) is 19.9. The third-order valence-corrected chi connectivity index (χ3v) is 15.2. The minimum atomic E-state index is -0.781. The summed E-state index contributed by atoms with van der Waals surface area (Å²) in [5.74, 6) is 1.24. The van der Waals surface area contributed by atoms with Crippen LogP contribution in [0.25, 0.3) is 44.7 Å². The number of nitrogens with zero attached hydrogens (tertiary/aromatic N) is 5. The molecule has 3 aromatic heterocycles. The van der Waals surface area contributed by atoms with Crippen LogP contribution >= 0.6 is 0 Å². The molecule has 5 atom stereocenters. The second-order valence-electron chi connectivity index (χ2n) is 20.0. The molecule has 73 heavy (non-hydrogen) atoms. The number of alkyl carbamates (subject to hydrolysis) is 2. The van der Waals surface area contributed by atoms with Crippen LogP contribution in [-0.4, -0.2) is 118 Å². The van der Waals surface area contributed by atoms with Crippen molar-refractivity contribution in [3.05, 3.63) is 95.6 Å². The van der Waals surface area contributed by atoms with Gasteiger partial charge in [0.25, 0.3) is 0 Å². The van der Waals surface area contributed by atoms with Gasteiger partial charge in [0.2, 0.25) is 18.0 Å². The number of H-pyrrole nitrogens is 2. The molecule has 5 aliphatic rings. The van der Waals surface area contributed by atoms with Crippen molar-refractivity contribution in [1.29, 1.82) is 0 Å². The normalized spacial score (nSPS) is 20.4. The summed E-state index contributed by atoms with van der Waals surface area (Å²) in [5.41, 5.74) is 6.43. The third-order valence-electron chi connectivity index (χ3n) is 15.2. The maximum absolute atomic E-state index is 17.1. The SMILES string of the molecule is COC(=O)NC(C(=O)N1CCC[C@H]1c1ncc(-c2cc(F)c3c(c2)OC(c2ccc4c(c2)OCCC4)n2c-3cc3cc(-c4cnc([C@@H]5CCCN5C(=O)C(NC(=O)OC)C5CCOCC5)[nH]4)ccc32)[nH]1)C(C)C. The van der Waals surface area contributed by atoms with Gasteiger partial charge in [0.05, 0.1) is 73.5 Å². The Balaban J connectivity index is 0.911. The van der Waals surface area contributed by atoms with E-state index in [-0.39, 0.29) is 35.7 Å². The number of imidazole rings is 2. The zero-order valence-electron chi connectivity index (χ0n) is 41.4. The lowest BCUT2D eigenvalue weighted by atomic mass is 9.90. The highest BCUT2D eigenvalue weighted by atomic mass is 19.1. The molecule has 3 saturated heterocycles. The first-order chi connectivity index (χ1) is 35.5. The minimum absolute atomic E-state index is 0.0806. The smallest absolute Gasteiger partial charge is 0.407 e. The van der Waals surface area contributed by atoms with Gasteiger partial charge >= 0.3 is 12.2 Å². The molecule has 4 N–H and O–H groups in total. The monoisotopic (exact) mass is 997 g/mol. The molecule has 8 heterocycles. The van der Waals surface area contributed by atoms with E-state index < -0.39 is 36.3 Å². The lowest BCUT2D eigenvalue weighted by molar-refractivity contribution is -0.137. The van der Waals surface area contributed by atoms with Crippen molar-refractivity contribution in [2.45, 2.75) is 95.6 Å². The van der Waals surface area contributed by atoms with Crippen molar-refractivity contribution in [1.82, 2.24) is 44.9 Å². The number of rotatable bonds is 11. The molecule has 5 aliphatic heterocycles. The van der Waals surface area contributed by atoms with E-state index in [0.717, 1.165) is 64.7 Å². The molecule has 4 amide bonds. The molecule has 19 heteroatoms. The Kier molecular flexibility index (Phi) is 13.0. The van der Waals surface area contributed by atoms with Gasteiger partial charge in [0.15, 0.2) is 0 Å². The van der Waals surface area contributed by atoms with Gasteiger partial charge in [-0.2, -0.15) is 0 Å². The molecule has 6 aromatic rings. The van der Waals surface area contributed by atoms with Crippen LogP contribution in [-0.2, 0) is 30.2 Å². The average molecular weight is 998 g/mol. The summed E-state index contributed by atoms with van der Waals surface area (Å²) in [5, 5.41) is 6.36. The largest absolute Gasteiger partial charge is 0.493 e. The topological polar surface area (TPSA) is 207 Å². The second-order valence-corrected chi connectivity index (χ2v) is 20.0. The van der Waals surface area contributed by atoms with E-state index in [1.807, 2.05) is 65.8 Å². The van der Waals surface area contributed by atoms with Gasteiger partial charge in [-0.1, -0.05) is 32.0 Å². The molecule has 3 aromatic carbocycles. The molecule has 18 nitrogen and oxygen atoms in total. The van der Waals surface area contributed by atoms with E-state index in [4.69, 9.17) is 33.7 Å². The van der Waals surface area contributed by atoms with Crippen LogP contribution in [0.5, 0.6) is 11.5 Å². The quantitative estimate of drug-likeness (QED) is 0.0970. The van der Waals surface area contributed by atoms with Crippen LogP contribution in [0.3, 0.4) is 0 Å². The lowest BCUT2D eigenvalue weighted by Crippen LogP contribution is -2.53. The summed E-state index contributed by atoms with van der Waals surface area (Å²) in [4.78, 5) is 72.7. The number of aryl methyl sites for hydroxylation is 1. The Bertz CT molecular complexity index is 3090. The fourth-order valence-corrected chi connectivity index (χ4v) is 11.4. The number of methoxy groups -OCH3 is 2. The van der Waals surface area contributed by atoms with E-state index in [0.29, 0.717) is 98.5 Å². The molecular formula is C54H60FN9O9. The Morgan fingerprint density at radius 2 is 1.44 bits per heavy atom. The number of amides is 4. The van der Waals surface area contributed by atoms with Crippen LogP contribution in [0.2, 0.25) is 0 Å². The predicted molar refractivity (Wildman–Crippen MR) is 266 cm³/mol. The standard InChI is InChI=1S/C54H60FN9O9/c1-29(2)46(60-53(67)69-3)50(65)62-17-5-9-40(62)49-57-28-38(59-49)34-23-36(55)45-42-24-35-22-32(13-14-39(35)64(42)52(73-44(45)26-34)33-12-11-30-8-7-19-72-43(30)25-33)37-27-56-48(58-37)41-10-6-18-63(41)51(66)47(61-54(68)70-4)31-15-20-71-21-16-31/h11-14,22-29,31,40-41,46-47,52H,5-10,15-21H2,1-4H3,(H,56,58)(H,57,59)(H,60,67)(H,61,68)/t40-,41-,46?,47?,52?/m0/s1. The summed E-state index contributed by atoms with van der Waals surface area (Å²) >= 11 is 0. The number of benzene rings is 3. The van der Waals surface area contributed by atoms with Crippen molar-refractivity contribution in [3.8, 4) is 45.3 Å². The molecule has 11 rings (SSSR count). The summed E-state index contributed by atoms with van der Waals surface area (Å²) in [6, 6.07) is 15.3. The highest BCUT2D eigenvalue weighted by Gasteiger charge is 2.41. The Morgan fingerprint density at radius 3 is 2.14 bits per heavy atom. The number of ether oxygens (including phenoxy) is 5. The Labute approximate surface area is 421 Å². The first kappa shape index (κ1) is 47.9. The van der Waals surface area contributed by atoms with Crippen LogP contribution in [0.4, 0.5) is 14.0 Å². The maximum atomic E-state index is 17.1. The number of hydrogen-bond acceptors (Lipinski definition) is 11. The molecule has 0 aliphatic carbocycles. The molecule has 0 radical (unpaired) electrons. The van der Waals surface area contributed by atoms with Crippen molar-refractivity contribution >= 4 is 34.9 Å². The fourth-order valence-electron chi connectivity index (χ4n) is 11.4. The Hall–Kier alpha value is -7.41. The highest BCUT2D eigenvalue weighted by Crippen LogP contribution is 2.48. The first-order valence-corrected chi connectivity index (χ1v) is 25.4. The number of hydrogen-bond donors (Lipinski definition) is 4. The lowest BCUT2D eigenvalue weighted by Gasteiger charge is -2.34. The van der Waals surface area contributed by atoms with E-state index >= 15 is 4.39 Å². The van der Waals surface area contributed by atoms with Crippen LogP contribution in [0, 0.1) is 17.7 Å². The third kappa shape index (κ3) is 9.01. The summed E-state index contributed by atoms with van der Waals surface area (Å²) in [6.07, 6.45) is 7.49. The van der Waals surface area contributed by atoms with Crippen LogP contribution in [0.15, 0.2) is 67.0 Å². The van der Waals surface area contributed by atoms with E-state index in [9.17, 15) is 19.2 Å². The van der Waals surface area contributed by atoms with E-state index in [1.165, 1.54) is 20.3 Å². The van der Waals surface area contributed by atoms with Crippen molar-refractivity contribution in [2.75, 3.05) is 47.1 Å². The van der Waals surface area contributed by atoms with E-state index in [2.05, 4.69) is 26.7 Å². The first-order valence-electron chi connectivity index (χ1n) is 25.4. The van der Waals surface area contributed by atoms with Gasteiger partial charge < -0.3 is 58.7 Å². The number of aromatic nitrogens is 5. The zero-order valence-corrected chi connectivity index (χ0v) is 41.4. The average Bonchev–Trinajstić information content (AvgIpc) is 4.28. The number of carbonyl (C=O) groups is 4. The Morgan fingerprint density at radius 1 is 0.753 bits per heavy atom. The minimum Gasteiger partial charge on any atom is -0.493 e. The number of carbonyl (C=O) groups excluding carboxylic acids is 4. The molecule has 0 saturated carbocycles. The maximum Gasteiger partial charge on any atom is 0.407 e. The number of fused-ring (bicyclic) bond motifs is 6. The van der Waals surface area contributed by atoms with Gasteiger partial charge in [0, 0.05) is 48.4 Å².